The van der Waals surface area contributed by atoms with Crippen LogP contribution < -0.4 is 5.32 Å². The van der Waals surface area contributed by atoms with Crippen molar-refractivity contribution in [1.29, 1.82) is 0 Å². The molecule has 0 aliphatic carbocycles. The molecule has 2 atom stereocenters. The van der Waals surface area contributed by atoms with Gasteiger partial charge in [0.15, 0.2) is 0 Å². The molecule has 7 heteroatoms. The summed E-state index contributed by atoms with van der Waals surface area (Å²) in [5.74, 6) is -0.433. The maximum Gasteiger partial charge on any atom is 0.246 e. The zero-order chi connectivity index (χ0) is 23.3. The van der Waals surface area contributed by atoms with E-state index in [1.54, 1.807) is 49.4 Å². The Morgan fingerprint density at radius 2 is 1.84 bits per heavy atom. The van der Waals surface area contributed by atoms with Gasteiger partial charge in [0.05, 0.1) is 0 Å². The van der Waals surface area contributed by atoms with Gasteiger partial charge in [0.25, 0.3) is 0 Å². The highest BCUT2D eigenvalue weighted by Crippen LogP contribution is 2.24. The van der Waals surface area contributed by atoms with Gasteiger partial charge < -0.3 is 10.2 Å². The summed E-state index contributed by atoms with van der Waals surface area (Å²) in [6.07, 6.45) is 3.61. The zero-order valence-corrected chi connectivity index (χ0v) is 19.4. The predicted molar refractivity (Wildman–Crippen MR) is 127 cm³/mol. The quantitative estimate of drug-likeness (QED) is 0.623. The average Bonchev–Trinajstić information content (AvgIpc) is 2.76. The van der Waals surface area contributed by atoms with Gasteiger partial charge in [-0.15, -0.1) is 0 Å². The van der Waals surface area contributed by atoms with Crippen molar-refractivity contribution >= 4 is 35.2 Å². The minimum absolute atomic E-state index is 0.0354. The van der Waals surface area contributed by atoms with Crippen LogP contribution in [-0.4, -0.2) is 46.8 Å². The van der Waals surface area contributed by atoms with Crippen molar-refractivity contribution in [2.45, 2.75) is 45.8 Å². The summed E-state index contributed by atoms with van der Waals surface area (Å²) in [6, 6.07) is 11.9. The lowest BCUT2D eigenvalue weighted by Gasteiger charge is -2.44. The molecule has 0 unspecified atom stereocenters. The summed E-state index contributed by atoms with van der Waals surface area (Å²) in [5.41, 5.74) is 2.36. The number of amides is 2. The van der Waals surface area contributed by atoms with Crippen LogP contribution in [0, 0.1) is 5.82 Å². The van der Waals surface area contributed by atoms with Crippen LogP contribution in [0.25, 0.3) is 6.08 Å². The molecule has 1 aliphatic rings. The number of carbonyl (C=O) groups excluding carboxylic acids is 2. The number of rotatable bonds is 6. The molecule has 1 aliphatic heterocycles. The second kappa shape index (κ2) is 10.7. The van der Waals surface area contributed by atoms with Crippen molar-refractivity contribution < 1.29 is 14.0 Å². The van der Waals surface area contributed by atoms with E-state index < -0.39 is 0 Å². The molecule has 0 radical (unpaired) electrons. The first-order valence-corrected chi connectivity index (χ1v) is 11.2. The highest BCUT2D eigenvalue weighted by atomic mass is 35.5. The lowest BCUT2D eigenvalue weighted by atomic mass is 10.1. The van der Waals surface area contributed by atoms with Crippen LogP contribution in [0.15, 0.2) is 48.5 Å². The lowest BCUT2D eigenvalue weighted by Crippen LogP contribution is -2.57. The van der Waals surface area contributed by atoms with Gasteiger partial charge in [0, 0.05) is 54.9 Å². The molecule has 1 saturated heterocycles. The number of hydrogen-bond donors (Lipinski definition) is 1. The number of anilines is 1. The molecule has 0 spiro atoms. The molecule has 32 heavy (non-hydrogen) atoms. The fourth-order valence-electron chi connectivity index (χ4n) is 3.83. The fraction of sp³-hybridized carbons (Fsp3) is 0.360. The van der Waals surface area contributed by atoms with Gasteiger partial charge in [-0.05, 0) is 55.3 Å². The van der Waals surface area contributed by atoms with Gasteiger partial charge in [-0.2, -0.15) is 0 Å². The first-order chi connectivity index (χ1) is 15.3. The summed E-state index contributed by atoms with van der Waals surface area (Å²) in [4.78, 5) is 28.9. The fourth-order valence-corrected chi connectivity index (χ4v) is 4.00. The Bertz CT molecular complexity index is 993. The van der Waals surface area contributed by atoms with Crippen LogP contribution in [0.2, 0.25) is 5.02 Å². The van der Waals surface area contributed by atoms with Crippen LogP contribution in [-0.2, 0) is 16.1 Å². The Kier molecular flexibility index (Phi) is 8.04. The molecule has 2 aromatic carbocycles. The first-order valence-electron chi connectivity index (χ1n) is 10.8. The molecule has 0 saturated carbocycles. The van der Waals surface area contributed by atoms with Crippen LogP contribution in [0.5, 0.6) is 0 Å². The largest absolute Gasteiger partial charge is 0.334 e. The van der Waals surface area contributed by atoms with E-state index >= 15 is 0 Å². The molecule has 3 rings (SSSR count). The topological polar surface area (TPSA) is 52.7 Å². The molecule has 5 nitrogen and oxygen atoms in total. The number of carbonyl (C=O) groups is 2. The molecular formula is C25H29ClFN3O2. The third kappa shape index (κ3) is 6.17. The maximum absolute atomic E-state index is 13.2. The normalized spacial score (nSPS) is 19.3. The van der Waals surface area contributed by atoms with Crippen molar-refractivity contribution in [3.8, 4) is 0 Å². The third-order valence-electron chi connectivity index (χ3n) is 5.71. The number of halogens is 2. The third-order valence-corrected chi connectivity index (χ3v) is 5.95. The number of benzene rings is 2. The Hall–Kier alpha value is -2.70. The van der Waals surface area contributed by atoms with E-state index in [-0.39, 0.29) is 29.7 Å². The molecule has 170 valence electrons. The summed E-state index contributed by atoms with van der Waals surface area (Å²) < 4.78 is 13.2. The van der Waals surface area contributed by atoms with Gasteiger partial charge in [0.1, 0.15) is 5.82 Å². The maximum atomic E-state index is 13.2. The minimum atomic E-state index is -0.240. The molecule has 1 fully saturated rings. The van der Waals surface area contributed by atoms with E-state index in [1.165, 1.54) is 12.1 Å². The van der Waals surface area contributed by atoms with Crippen LogP contribution >= 0.6 is 11.6 Å². The number of piperazine rings is 1. The molecule has 0 bridgehead atoms. The second-order valence-electron chi connectivity index (χ2n) is 8.21. The SMILES string of the molecule is CCC(=O)Nc1cc(Cl)ccc1/C=C/C(=O)N1C[C@H](C)N(Cc2ccc(F)cc2)C[C@H]1C. The van der Waals surface area contributed by atoms with Crippen LogP contribution in [0.4, 0.5) is 10.1 Å². The number of nitrogens with zero attached hydrogens (tertiary/aromatic N) is 2. The first kappa shape index (κ1) is 24.0. The summed E-state index contributed by atoms with van der Waals surface area (Å²) in [5, 5.41) is 3.34. The van der Waals surface area contributed by atoms with E-state index in [2.05, 4.69) is 17.1 Å². The summed E-state index contributed by atoms with van der Waals surface area (Å²) in [6.45, 7) is 7.95. The van der Waals surface area contributed by atoms with Crippen molar-refractivity contribution in [2.24, 2.45) is 0 Å². The van der Waals surface area contributed by atoms with Gasteiger partial charge in [-0.25, -0.2) is 4.39 Å². The van der Waals surface area contributed by atoms with Crippen molar-refractivity contribution in [3.05, 3.63) is 70.5 Å². The highest BCUT2D eigenvalue weighted by molar-refractivity contribution is 6.31. The number of hydrogen-bond acceptors (Lipinski definition) is 3. The average molecular weight is 458 g/mol. The van der Waals surface area contributed by atoms with E-state index in [0.717, 1.165) is 24.2 Å². The molecule has 2 aromatic rings. The Balaban J connectivity index is 1.66. The van der Waals surface area contributed by atoms with Gasteiger partial charge in [0.2, 0.25) is 11.8 Å². The van der Waals surface area contributed by atoms with Crippen molar-refractivity contribution in [2.75, 3.05) is 18.4 Å². The predicted octanol–water partition coefficient (Wildman–Crippen LogP) is 4.96. The molecule has 1 heterocycles. The second-order valence-corrected chi connectivity index (χ2v) is 8.65. The highest BCUT2D eigenvalue weighted by Gasteiger charge is 2.31. The standard InChI is InChI=1S/C25H29ClFN3O2/c1-4-24(31)28-23-13-21(26)9-7-20(23)8-12-25(32)30-15-17(2)29(14-18(30)3)16-19-5-10-22(27)11-6-19/h5-13,17-18H,4,14-16H2,1-3H3,(H,28,31)/b12-8+/t17-,18+/m0/s1. The van der Waals surface area contributed by atoms with Crippen molar-refractivity contribution in [3.63, 3.8) is 0 Å². The Morgan fingerprint density at radius 1 is 1.12 bits per heavy atom. The van der Waals surface area contributed by atoms with Crippen LogP contribution in [0.3, 0.4) is 0 Å². The Labute approximate surface area is 193 Å². The monoisotopic (exact) mass is 457 g/mol. The van der Waals surface area contributed by atoms with E-state index in [9.17, 15) is 14.0 Å². The minimum Gasteiger partial charge on any atom is -0.334 e. The van der Waals surface area contributed by atoms with Crippen molar-refractivity contribution in [1.82, 2.24) is 9.80 Å². The number of nitrogens with one attached hydrogen (secondary N) is 1. The van der Waals surface area contributed by atoms with Gasteiger partial charge >= 0.3 is 0 Å². The van der Waals surface area contributed by atoms with Gasteiger partial charge in [-0.3, -0.25) is 14.5 Å². The Morgan fingerprint density at radius 3 is 2.53 bits per heavy atom. The van der Waals surface area contributed by atoms with E-state index in [0.29, 0.717) is 23.7 Å². The molecule has 0 aromatic heterocycles. The lowest BCUT2D eigenvalue weighted by molar-refractivity contribution is -0.131. The summed E-state index contributed by atoms with van der Waals surface area (Å²) in [7, 11) is 0. The molecular weight excluding hydrogens is 429 g/mol. The smallest absolute Gasteiger partial charge is 0.246 e. The van der Waals surface area contributed by atoms with Crippen LogP contribution in [0.1, 0.15) is 38.3 Å². The molecule has 1 N–H and O–H groups in total. The van der Waals surface area contributed by atoms with E-state index in [4.69, 9.17) is 11.6 Å². The zero-order valence-electron chi connectivity index (χ0n) is 18.6. The van der Waals surface area contributed by atoms with E-state index in [1.807, 2.05) is 11.8 Å². The van der Waals surface area contributed by atoms with Gasteiger partial charge in [-0.1, -0.05) is 36.7 Å². The summed E-state index contributed by atoms with van der Waals surface area (Å²) >= 11 is 6.07. The molecule has 2 amide bonds.